The Bertz CT molecular complexity index is 1050. The van der Waals surface area contributed by atoms with Gasteiger partial charge in [-0.05, 0) is 42.7 Å². The predicted octanol–water partition coefficient (Wildman–Crippen LogP) is 2.75. The van der Waals surface area contributed by atoms with E-state index >= 15 is 0 Å². The summed E-state index contributed by atoms with van der Waals surface area (Å²) in [6, 6.07) is 12.5. The summed E-state index contributed by atoms with van der Waals surface area (Å²) in [7, 11) is 2.12. The van der Waals surface area contributed by atoms with E-state index in [4.69, 9.17) is 16.6 Å². The standard InChI is InChI=1S/C18H18N6OS2/c1-13(14-5-7-15(8-6-14)23-11-19-10-20-23)22(2)12-24-18(26)25-17(21-24)16-4-3-9-27-16/h3-11,13H,12H2,1-2H3/p+1/t13-/m1/s1. The van der Waals surface area contributed by atoms with Gasteiger partial charge in [-0.3, -0.25) is 0 Å². The van der Waals surface area contributed by atoms with Crippen molar-refractivity contribution in [3.8, 4) is 16.5 Å². The largest absolute Gasteiger partial charge is 0.408 e. The fraction of sp³-hybridized carbons (Fsp3) is 0.222. The summed E-state index contributed by atoms with van der Waals surface area (Å²) in [5.74, 6) is 0.577. The maximum atomic E-state index is 5.65. The second kappa shape index (κ2) is 7.55. The van der Waals surface area contributed by atoms with Crippen LogP contribution in [0.1, 0.15) is 18.5 Å². The number of nitrogens with one attached hydrogen (secondary N) is 1. The molecule has 9 heteroatoms. The number of hydrogen-bond acceptors (Lipinski definition) is 6. The van der Waals surface area contributed by atoms with Gasteiger partial charge >= 0.3 is 0 Å². The summed E-state index contributed by atoms with van der Waals surface area (Å²) in [4.78, 5) is 6.61. The summed E-state index contributed by atoms with van der Waals surface area (Å²) in [6.45, 7) is 2.81. The minimum absolute atomic E-state index is 0.263. The van der Waals surface area contributed by atoms with Crippen molar-refractivity contribution in [1.82, 2.24) is 24.5 Å². The SMILES string of the molecule is C[C@H](c1ccc(-n2cncn2)cc1)[NH+](C)Cn1nc(-c2cccs2)oc1=S. The van der Waals surface area contributed by atoms with E-state index in [1.165, 1.54) is 16.8 Å². The molecule has 3 aromatic heterocycles. The molecule has 0 amide bonds. The molecular weight excluding hydrogens is 380 g/mol. The van der Waals surface area contributed by atoms with Gasteiger partial charge in [0.15, 0.2) is 6.67 Å². The smallest absolute Gasteiger partial charge is 0.292 e. The lowest BCUT2D eigenvalue weighted by Gasteiger charge is -2.21. The quantitative estimate of drug-likeness (QED) is 0.505. The van der Waals surface area contributed by atoms with Crippen molar-refractivity contribution >= 4 is 23.6 Å². The van der Waals surface area contributed by atoms with Crippen molar-refractivity contribution in [3.63, 3.8) is 0 Å². The molecule has 0 spiro atoms. The maximum absolute atomic E-state index is 5.65. The average molecular weight is 400 g/mol. The molecule has 138 valence electrons. The van der Waals surface area contributed by atoms with Gasteiger partial charge < -0.3 is 9.32 Å². The Labute approximate surface area is 165 Å². The Morgan fingerprint density at radius 1 is 1.26 bits per heavy atom. The normalized spacial score (nSPS) is 13.6. The Kier molecular flexibility index (Phi) is 4.97. The zero-order chi connectivity index (χ0) is 18.8. The fourth-order valence-electron chi connectivity index (χ4n) is 2.82. The first-order valence-electron chi connectivity index (χ1n) is 8.51. The molecule has 4 aromatic rings. The van der Waals surface area contributed by atoms with Crippen molar-refractivity contribution in [3.05, 3.63) is 64.8 Å². The van der Waals surface area contributed by atoms with Gasteiger partial charge in [-0.2, -0.15) is 9.78 Å². The van der Waals surface area contributed by atoms with Crippen LogP contribution >= 0.6 is 23.6 Å². The molecule has 1 unspecified atom stereocenters. The highest BCUT2D eigenvalue weighted by Crippen LogP contribution is 2.22. The molecule has 0 bridgehead atoms. The van der Waals surface area contributed by atoms with E-state index in [-0.39, 0.29) is 6.04 Å². The van der Waals surface area contributed by atoms with Crippen molar-refractivity contribution in [2.75, 3.05) is 7.05 Å². The van der Waals surface area contributed by atoms with Gasteiger partial charge in [0.2, 0.25) is 0 Å². The third-order valence-corrected chi connectivity index (χ3v) is 5.70. The Morgan fingerprint density at radius 3 is 2.74 bits per heavy atom. The minimum Gasteiger partial charge on any atom is -0.408 e. The molecule has 0 saturated carbocycles. The number of nitrogens with zero attached hydrogens (tertiary/aromatic N) is 5. The van der Waals surface area contributed by atoms with Crippen molar-refractivity contribution in [2.45, 2.75) is 19.6 Å². The van der Waals surface area contributed by atoms with Crippen LogP contribution in [-0.4, -0.2) is 31.6 Å². The Balaban J connectivity index is 1.48. The van der Waals surface area contributed by atoms with Gasteiger partial charge in [0.1, 0.15) is 18.7 Å². The number of thiophene rings is 1. The lowest BCUT2D eigenvalue weighted by molar-refractivity contribution is -0.933. The first kappa shape index (κ1) is 17.8. The molecule has 0 aliphatic carbocycles. The first-order valence-corrected chi connectivity index (χ1v) is 9.79. The van der Waals surface area contributed by atoms with Crippen LogP contribution in [0.3, 0.4) is 0 Å². The molecule has 0 saturated heterocycles. The third kappa shape index (κ3) is 3.75. The van der Waals surface area contributed by atoms with Crippen LogP contribution < -0.4 is 4.90 Å². The Hall–Kier alpha value is -2.62. The molecule has 4 rings (SSSR count). The molecule has 0 fully saturated rings. The Morgan fingerprint density at radius 2 is 2.07 bits per heavy atom. The first-order chi connectivity index (χ1) is 13.1. The fourth-order valence-corrected chi connectivity index (χ4v) is 3.65. The monoisotopic (exact) mass is 399 g/mol. The number of benzene rings is 1. The zero-order valence-corrected chi connectivity index (χ0v) is 16.6. The summed E-state index contributed by atoms with van der Waals surface area (Å²) >= 11 is 6.93. The van der Waals surface area contributed by atoms with Crippen molar-refractivity contribution in [1.29, 1.82) is 0 Å². The van der Waals surface area contributed by atoms with Crippen LogP contribution in [0.2, 0.25) is 0 Å². The van der Waals surface area contributed by atoms with Gasteiger partial charge in [0.25, 0.3) is 10.7 Å². The van der Waals surface area contributed by atoms with Crippen molar-refractivity contribution < 1.29 is 9.32 Å². The summed E-state index contributed by atoms with van der Waals surface area (Å²) in [5.41, 5.74) is 2.21. The van der Waals surface area contributed by atoms with Crippen LogP contribution in [0.15, 0.2) is 58.9 Å². The van der Waals surface area contributed by atoms with Crippen LogP contribution in [0.25, 0.3) is 16.5 Å². The van der Waals surface area contributed by atoms with E-state index in [0.717, 1.165) is 10.6 Å². The van der Waals surface area contributed by atoms with Crippen LogP contribution in [-0.2, 0) is 6.67 Å². The number of hydrogen-bond donors (Lipinski definition) is 1. The molecule has 2 atom stereocenters. The van der Waals surface area contributed by atoms with Crippen molar-refractivity contribution in [2.24, 2.45) is 0 Å². The molecule has 27 heavy (non-hydrogen) atoms. The third-order valence-electron chi connectivity index (χ3n) is 4.55. The summed E-state index contributed by atoms with van der Waals surface area (Å²) < 4.78 is 9.14. The van der Waals surface area contributed by atoms with Crippen LogP contribution in [0.5, 0.6) is 0 Å². The maximum Gasteiger partial charge on any atom is 0.292 e. The number of quaternary nitrogens is 1. The molecule has 1 aromatic carbocycles. The van der Waals surface area contributed by atoms with E-state index in [1.807, 2.05) is 29.6 Å². The summed E-state index contributed by atoms with van der Waals surface area (Å²) in [5, 5.41) is 10.7. The van der Waals surface area contributed by atoms with E-state index in [2.05, 4.69) is 41.3 Å². The highest BCUT2D eigenvalue weighted by Gasteiger charge is 2.18. The molecule has 0 aliphatic rings. The highest BCUT2D eigenvalue weighted by atomic mass is 32.1. The van der Waals surface area contributed by atoms with Gasteiger partial charge in [-0.15, -0.1) is 16.4 Å². The van der Waals surface area contributed by atoms with Gasteiger partial charge in [0.05, 0.1) is 17.6 Å². The van der Waals surface area contributed by atoms with Crippen LogP contribution in [0.4, 0.5) is 0 Å². The minimum atomic E-state index is 0.263. The molecule has 7 nitrogen and oxygen atoms in total. The van der Waals surface area contributed by atoms with Crippen LogP contribution in [0, 0.1) is 4.84 Å². The average Bonchev–Trinajstić information content (AvgIpc) is 3.44. The van der Waals surface area contributed by atoms with Gasteiger partial charge in [-0.1, -0.05) is 18.2 Å². The topological polar surface area (TPSA) is 66.1 Å². The van der Waals surface area contributed by atoms with E-state index in [1.54, 1.807) is 27.0 Å². The summed E-state index contributed by atoms with van der Waals surface area (Å²) in [6.07, 6.45) is 3.22. The molecule has 3 heterocycles. The lowest BCUT2D eigenvalue weighted by atomic mass is 10.1. The van der Waals surface area contributed by atoms with E-state index in [0.29, 0.717) is 17.4 Å². The molecule has 1 N–H and O–H groups in total. The molecule has 0 aliphatic heterocycles. The van der Waals surface area contributed by atoms with Gasteiger partial charge in [-0.25, -0.2) is 9.67 Å². The molecule has 0 radical (unpaired) electrons. The lowest BCUT2D eigenvalue weighted by Crippen LogP contribution is -3.08. The molecular formula is C18H19N6OS2+. The van der Waals surface area contributed by atoms with Gasteiger partial charge in [0, 0.05) is 5.56 Å². The predicted molar refractivity (Wildman–Crippen MR) is 105 cm³/mol. The highest BCUT2D eigenvalue weighted by molar-refractivity contribution is 7.71. The number of rotatable bonds is 6. The number of aromatic nitrogens is 5. The van der Waals surface area contributed by atoms with E-state index < -0.39 is 0 Å². The zero-order valence-electron chi connectivity index (χ0n) is 14.9. The van der Waals surface area contributed by atoms with E-state index in [9.17, 15) is 0 Å². The second-order valence-corrected chi connectivity index (χ2v) is 7.60. The second-order valence-electron chi connectivity index (χ2n) is 6.31.